The van der Waals surface area contributed by atoms with E-state index in [4.69, 9.17) is 0 Å². The van der Waals surface area contributed by atoms with Gasteiger partial charge < -0.3 is 5.32 Å². The Balaban J connectivity index is 2.05. The molecule has 1 aromatic carbocycles. The minimum atomic E-state index is -0.478. The van der Waals surface area contributed by atoms with E-state index in [1.54, 1.807) is 18.2 Å². The molecular formula is C12H11N3O3S. The predicted octanol–water partition coefficient (Wildman–Crippen LogP) is 1.83. The van der Waals surface area contributed by atoms with Crippen LogP contribution >= 0.6 is 11.8 Å². The Kier molecular flexibility index (Phi) is 4.30. The van der Waals surface area contributed by atoms with Gasteiger partial charge >= 0.3 is 0 Å². The van der Waals surface area contributed by atoms with Gasteiger partial charge in [-0.25, -0.2) is 0 Å². The Bertz CT molecular complexity index is 569. The molecule has 1 aliphatic rings. The van der Waals surface area contributed by atoms with Gasteiger partial charge in [0.25, 0.3) is 5.69 Å². The highest BCUT2D eigenvalue weighted by molar-refractivity contribution is 8.14. The molecule has 0 radical (unpaired) electrons. The lowest BCUT2D eigenvalue weighted by Gasteiger charge is -1.99. The zero-order valence-corrected chi connectivity index (χ0v) is 10.7. The maximum absolute atomic E-state index is 11.6. The largest absolute Gasteiger partial charge is 0.302 e. The van der Waals surface area contributed by atoms with Crippen molar-refractivity contribution in [2.45, 2.75) is 0 Å². The summed E-state index contributed by atoms with van der Waals surface area (Å²) in [5.41, 5.74) is 0.364. The van der Waals surface area contributed by atoms with E-state index in [1.165, 1.54) is 30.0 Å². The number of nitro benzene ring substituents is 1. The van der Waals surface area contributed by atoms with Crippen molar-refractivity contribution in [2.75, 3.05) is 12.3 Å². The number of thioether (sulfide) groups is 1. The number of nitrogens with zero attached hydrogens (tertiary/aromatic N) is 2. The fraction of sp³-hybridized carbons (Fsp3) is 0.167. The van der Waals surface area contributed by atoms with E-state index in [1.807, 2.05) is 0 Å². The molecule has 0 aliphatic carbocycles. The van der Waals surface area contributed by atoms with E-state index < -0.39 is 4.92 Å². The second-order valence-corrected chi connectivity index (χ2v) is 4.76. The summed E-state index contributed by atoms with van der Waals surface area (Å²) in [6.07, 6.45) is 2.69. The molecule has 1 N–H and O–H groups in total. The number of carbonyl (C=O) groups is 1. The van der Waals surface area contributed by atoms with Crippen LogP contribution in [0.15, 0.2) is 35.3 Å². The molecule has 1 aliphatic heterocycles. The van der Waals surface area contributed by atoms with Gasteiger partial charge in [0.15, 0.2) is 5.17 Å². The van der Waals surface area contributed by atoms with E-state index >= 15 is 0 Å². The second kappa shape index (κ2) is 6.14. The summed E-state index contributed by atoms with van der Waals surface area (Å²) in [6, 6.07) is 6.25. The molecule has 1 amide bonds. The number of para-hydroxylation sites is 1. The summed E-state index contributed by atoms with van der Waals surface area (Å²) in [4.78, 5) is 26.0. The van der Waals surface area contributed by atoms with Gasteiger partial charge in [0.1, 0.15) is 0 Å². The van der Waals surface area contributed by atoms with Gasteiger partial charge in [-0.3, -0.25) is 19.9 Å². The van der Waals surface area contributed by atoms with Gasteiger partial charge in [0.2, 0.25) is 5.91 Å². The molecule has 7 heteroatoms. The molecule has 98 valence electrons. The van der Waals surface area contributed by atoms with E-state index in [-0.39, 0.29) is 11.6 Å². The van der Waals surface area contributed by atoms with Crippen molar-refractivity contribution in [2.24, 2.45) is 4.99 Å². The topological polar surface area (TPSA) is 84.6 Å². The van der Waals surface area contributed by atoms with Gasteiger partial charge in [-0.05, 0) is 12.1 Å². The lowest BCUT2D eigenvalue weighted by Crippen LogP contribution is -2.25. The van der Waals surface area contributed by atoms with E-state index in [9.17, 15) is 14.9 Å². The minimum Gasteiger partial charge on any atom is -0.302 e. The fourth-order valence-corrected chi connectivity index (χ4v) is 2.25. The van der Waals surface area contributed by atoms with Crippen LogP contribution in [-0.2, 0) is 4.79 Å². The van der Waals surface area contributed by atoms with Crippen LogP contribution in [0.3, 0.4) is 0 Å². The standard InChI is InChI=1S/C12H11N3O3S/c16-11(14-12-13-7-8-19-12)6-5-9-3-1-2-4-10(9)15(17)18/h1-6H,7-8H2,(H,13,14,16). The Morgan fingerprint density at radius 1 is 1.47 bits per heavy atom. The molecule has 0 saturated carbocycles. The van der Waals surface area contributed by atoms with Crippen LogP contribution in [0.4, 0.5) is 5.69 Å². The lowest BCUT2D eigenvalue weighted by atomic mass is 10.1. The molecule has 1 heterocycles. The Morgan fingerprint density at radius 2 is 2.26 bits per heavy atom. The summed E-state index contributed by atoms with van der Waals surface area (Å²) in [6.45, 7) is 0.703. The second-order valence-electron chi connectivity index (χ2n) is 3.67. The highest BCUT2D eigenvalue weighted by Gasteiger charge is 2.11. The average Bonchev–Trinajstić information content (AvgIpc) is 2.89. The maximum atomic E-state index is 11.6. The first kappa shape index (κ1) is 13.3. The molecule has 19 heavy (non-hydrogen) atoms. The van der Waals surface area contributed by atoms with E-state index in [2.05, 4.69) is 10.3 Å². The normalized spacial score (nSPS) is 14.4. The number of aliphatic imine (C=N–C) groups is 1. The van der Waals surface area contributed by atoms with Crippen molar-refractivity contribution in [1.29, 1.82) is 0 Å². The summed E-state index contributed by atoms with van der Waals surface area (Å²) >= 11 is 1.48. The molecule has 2 rings (SSSR count). The molecule has 0 atom stereocenters. The fourth-order valence-electron chi connectivity index (χ4n) is 1.52. The van der Waals surface area contributed by atoms with Crippen molar-refractivity contribution in [3.05, 3.63) is 46.0 Å². The number of hydrogen-bond donors (Lipinski definition) is 1. The first-order chi connectivity index (χ1) is 9.16. The molecule has 0 spiro atoms. The van der Waals surface area contributed by atoms with Crippen LogP contribution in [0.5, 0.6) is 0 Å². The molecule has 6 nitrogen and oxygen atoms in total. The van der Waals surface area contributed by atoms with E-state index in [0.29, 0.717) is 17.3 Å². The summed E-state index contributed by atoms with van der Waals surface area (Å²) < 4.78 is 0. The third-order valence-electron chi connectivity index (χ3n) is 2.36. The van der Waals surface area contributed by atoms with Gasteiger partial charge in [-0.2, -0.15) is 0 Å². The van der Waals surface area contributed by atoms with Crippen LogP contribution in [0, 0.1) is 10.1 Å². The third-order valence-corrected chi connectivity index (χ3v) is 3.25. The van der Waals surface area contributed by atoms with Gasteiger partial charge in [0.05, 0.1) is 17.0 Å². The lowest BCUT2D eigenvalue weighted by molar-refractivity contribution is -0.385. The number of carbonyl (C=O) groups excluding carboxylic acids is 1. The molecule has 0 aromatic heterocycles. The number of nitro groups is 1. The number of amidine groups is 1. The van der Waals surface area contributed by atoms with Crippen molar-refractivity contribution in [3.8, 4) is 0 Å². The highest BCUT2D eigenvalue weighted by atomic mass is 32.2. The maximum Gasteiger partial charge on any atom is 0.276 e. The third kappa shape index (κ3) is 3.65. The monoisotopic (exact) mass is 277 g/mol. The number of nitrogens with one attached hydrogen (secondary N) is 1. The van der Waals surface area contributed by atoms with Crippen LogP contribution in [0.25, 0.3) is 6.08 Å². The van der Waals surface area contributed by atoms with Crippen LogP contribution in [0.2, 0.25) is 0 Å². The predicted molar refractivity (Wildman–Crippen MR) is 75.0 cm³/mol. The molecule has 0 fully saturated rings. The zero-order valence-electron chi connectivity index (χ0n) is 9.91. The summed E-state index contributed by atoms with van der Waals surface area (Å²) in [5.74, 6) is 0.523. The molecule has 1 aromatic rings. The summed E-state index contributed by atoms with van der Waals surface area (Å²) in [7, 11) is 0. The van der Waals surface area contributed by atoms with Crippen LogP contribution < -0.4 is 5.32 Å². The van der Waals surface area contributed by atoms with Crippen molar-refractivity contribution < 1.29 is 9.72 Å². The number of hydrogen-bond acceptors (Lipinski definition) is 5. The first-order valence-electron chi connectivity index (χ1n) is 5.56. The average molecular weight is 277 g/mol. The highest BCUT2D eigenvalue weighted by Crippen LogP contribution is 2.18. The molecular weight excluding hydrogens is 266 g/mol. The van der Waals surface area contributed by atoms with Gasteiger partial charge in [-0.1, -0.05) is 23.9 Å². The zero-order chi connectivity index (χ0) is 13.7. The molecule has 0 saturated heterocycles. The van der Waals surface area contributed by atoms with Crippen molar-refractivity contribution >= 4 is 34.6 Å². The quantitative estimate of drug-likeness (QED) is 0.519. The number of benzene rings is 1. The van der Waals surface area contributed by atoms with Crippen molar-refractivity contribution in [1.82, 2.24) is 5.32 Å². The molecule has 0 unspecified atom stereocenters. The van der Waals surface area contributed by atoms with Gasteiger partial charge in [-0.15, -0.1) is 0 Å². The minimum absolute atomic E-state index is 0.0286. The van der Waals surface area contributed by atoms with E-state index in [0.717, 1.165) is 5.75 Å². The SMILES string of the molecule is O=C(C=Cc1ccccc1[N+](=O)[O-])NC1=NCCS1. The molecule has 0 bridgehead atoms. The summed E-state index contributed by atoms with van der Waals surface area (Å²) in [5, 5.41) is 14.0. The first-order valence-corrected chi connectivity index (χ1v) is 6.55. The Labute approximate surface area is 113 Å². The smallest absolute Gasteiger partial charge is 0.276 e. The Hall–Kier alpha value is -2.15. The Morgan fingerprint density at radius 3 is 2.95 bits per heavy atom. The van der Waals surface area contributed by atoms with Crippen LogP contribution in [0.1, 0.15) is 5.56 Å². The number of rotatable bonds is 3. The number of amides is 1. The van der Waals surface area contributed by atoms with Gasteiger partial charge in [0, 0.05) is 17.9 Å². The van der Waals surface area contributed by atoms with Crippen molar-refractivity contribution in [3.63, 3.8) is 0 Å². The van der Waals surface area contributed by atoms with Crippen LogP contribution in [-0.4, -0.2) is 28.3 Å².